The Balaban J connectivity index is 0.000000219. The van der Waals surface area contributed by atoms with E-state index >= 15 is 0 Å². The third-order valence-electron chi connectivity index (χ3n) is 4.55. The molecule has 0 heterocycles. The van der Waals surface area contributed by atoms with Gasteiger partial charge in [0.25, 0.3) is 0 Å². The van der Waals surface area contributed by atoms with Gasteiger partial charge in [-0.2, -0.15) is 47.5 Å². The predicted octanol–water partition coefficient (Wildman–Crippen LogP) is 7.85. The molecule has 0 saturated heterocycles. The number of halogens is 2. The van der Waals surface area contributed by atoms with Crippen LogP contribution in [0.5, 0.6) is 0 Å². The van der Waals surface area contributed by atoms with Crippen LogP contribution in [0.1, 0.15) is 52.7 Å². The van der Waals surface area contributed by atoms with Crippen LogP contribution in [0.4, 0.5) is 0 Å². The standard InChI is InChI=1S/2C9H13.C7H8Si.2ClH.Zr/c2*1-9(2,3)8-6-4-5-7-8;1-8-7-5-3-2-4-6-7;;;/h2*4-7H,1-3H3;2-6H,1H3;2*1H;/q2*-1;;;;+2/p-2. The fourth-order valence-corrected chi connectivity index (χ4v) is 10.2. The number of rotatable bonds is 1. The van der Waals surface area contributed by atoms with Crippen LogP contribution in [0.25, 0.3) is 0 Å². The first-order valence-electron chi connectivity index (χ1n) is 9.94. The molecule has 0 aliphatic carbocycles. The van der Waals surface area contributed by atoms with Crippen molar-refractivity contribution in [1.29, 1.82) is 0 Å². The molecule has 0 amide bonds. The van der Waals surface area contributed by atoms with Crippen molar-refractivity contribution < 1.29 is 18.0 Å². The van der Waals surface area contributed by atoms with Gasteiger partial charge in [-0.3, -0.25) is 0 Å². The number of hydrogen-bond acceptors (Lipinski definition) is 0. The summed E-state index contributed by atoms with van der Waals surface area (Å²) < 4.78 is 0. The van der Waals surface area contributed by atoms with Crippen LogP contribution in [-0.2, 0) is 28.8 Å². The van der Waals surface area contributed by atoms with Gasteiger partial charge in [-0.15, -0.1) is 0 Å². The quantitative estimate of drug-likeness (QED) is 0.225. The molecule has 4 heteroatoms. The molecular formula is C25H34Cl2SiZr-2. The normalized spacial score (nSPS) is 10.9. The third-order valence-corrected chi connectivity index (χ3v) is 22.7. The van der Waals surface area contributed by atoms with E-state index in [4.69, 9.17) is 17.0 Å². The summed E-state index contributed by atoms with van der Waals surface area (Å²) in [5.41, 5.74) is 2.93. The molecule has 0 aliphatic heterocycles. The average Bonchev–Trinajstić information content (AvgIpc) is 3.35. The summed E-state index contributed by atoms with van der Waals surface area (Å²) >= 11 is -1.95. The van der Waals surface area contributed by atoms with Gasteiger partial charge >= 0.3 is 82.5 Å². The average molecular weight is 525 g/mol. The fraction of sp³-hybridized carbons (Fsp3) is 0.360. The predicted molar refractivity (Wildman–Crippen MR) is 131 cm³/mol. The summed E-state index contributed by atoms with van der Waals surface area (Å²) in [7, 11) is 11.9. The van der Waals surface area contributed by atoms with Crippen LogP contribution in [0.2, 0.25) is 6.55 Å². The van der Waals surface area contributed by atoms with E-state index in [0.717, 1.165) is 0 Å². The summed E-state index contributed by atoms with van der Waals surface area (Å²) in [5, 5.41) is 1.37. The SMILES string of the molecule is CC(C)(C)c1cc[cH-]c1.CC(C)(C)c1cc[cH-]c1.C[Si](c1ccccc1)=[Zr]([Cl])[Cl]. The Kier molecular flexibility index (Phi) is 11.4. The van der Waals surface area contributed by atoms with Crippen molar-refractivity contribution in [3.05, 3.63) is 90.0 Å². The Morgan fingerprint density at radius 1 is 0.724 bits per heavy atom. The summed E-state index contributed by atoms with van der Waals surface area (Å²) in [5.74, 6) is 0. The molecule has 0 spiro atoms. The Labute approximate surface area is 193 Å². The molecule has 3 aromatic rings. The van der Waals surface area contributed by atoms with Gasteiger partial charge < -0.3 is 0 Å². The maximum atomic E-state index is 5.97. The summed E-state index contributed by atoms with van der Waals surface area (Å²) in [4.78, 5) is 0. The first kappa shape index (κ1) is 26.6. The van der Waals surface area contributed by atoms with E-state index < -0.39 is 23.4 Å². The van der Waals surface area contributed by atoms with E-state index in [0.29, 0.717) is 10.8 Å². The van der Waals surface area contributed by atoms with Crippen molar-refractivity contribution in [2.24, 2.45) is 0 Å². The van der Waals surface area contributed by atoms with Crippen LogP contribution in [0.3, 0.4) is 0 Å². The van der Waals surface area contributed by atoms with Gasteiger partial charge in [0.15, 0.2) is 0 Å². The van der Waals surface area contributed by atoms with Crippen LogP contribution in [-0.4, -0.2) is 5.43 Å². The monoisotopic (exact) mass is 522 g/mol. The van der Waals surface area contributed by atoms with E-state index in [1.54, 1.807) is 0 Å². The minimum atomic E-state index is -1.95. The van der Waals surface area contributed by atoms with E-state index in [2.05, 4.69) is 109 Å². The summed E-state index contributed by atoms with van der Waals surface area (Å²) in [6, 6.07) is 27.4. The zero-order valence-electron chi connectivity index (χ0n) is 18.8. The molecule has 29 heavy (non-hydrogen) atoms. The van der Waals surface area contributed by atoms with Crippen molar-refractivity contribution >= 4 is 27.6 Å². The van der Waals surface area contributed by atoms with E-state index in [-0.39, 0.29) is 0 Å². The van der Waals surface area contributed by atoms with Crippen molar-refractivity contribution in [1.82, 2.24) is 0 Å². The molecule has 0 bridgehead atoms. The Hall–Kier alpha value is -0.400. The first-order chi connectivity index (χ1) is 13.4. The van der Waals surface area contributed by atoms with Gasteiger partial charge in [-0.1, -0.05) is 52.4 Å². The number of hydrogen-bond donors (Lipinski definition) is 0. The second-order valence-corrected chi connectivity index (χ2v) is 30.1. The molecule has 0 aliphatic rings. The molecule has 0 nitrogen and oxygen atoms in total. The van der Waals surface area contributed by atoms with Crippen molar-refractivity contribution in [2.75, 3.05) is 0 Å². The van der Waals surface area contributed by atoms with Gasteiger partial charge in [0.1, 0.15) is 0 Å². The Bertz CT molecular complexity index is 786. The zero-order valence-corrected chi connectivity index (χ0v) is 23.7. The van der Waals surface area contributed by atoms with Crippen molar-refractivity contribution in [2.45, 2.75) is 58.9 Å². The third kappa shape index (κ3) is 10.5. The molecule has 158 valence electrons. The fourth-order valence-electron chi connectivity index (χ4n) is 2.55. The number of benzene rings is 1. The molecule has 0 fully saturated rings. The molecule has 0 radical (unpaired) electrons. The Morgan fingerprint density at radius 2 is 1.14 bits per heavy atom. The molecule has 0 saturated carbocycles. The second kappa shape index (κ2) is 12.5. The topological polar surface area (TPSA) is 0 Å². The molecule has 0 N–H and O–H groups in total. The molecule has 3 aromatic carbocycles. The van der Waals surface area contributed by atoms with Crippen molar-refractivity contribution in [3.63, 3.8) is 0 Å². The molecular weight excluding hydrogens is 490 g/mol. The van der Waals surface area contributed by atoms with Gasteiger partial charge in [0.2, 0.25) is 0 Å². The zero-order chi connectivity index (χ0) is 22.1. The van der Waals surface area contributed by atoms with Gasteiger partial charge in [-0.05, 0) is 0 Å². The van der Waals surface area contributed by atoms with E-state index in [1.165, 1.54) is 16.3 Å². The minimum absolute atomic E-state index is 0.323. The van der Waals surface area contributed by atoms with Gasteiger partial charge in [-0.25, -0.2) is 12.1 Å². The Morgan fingerprint density at radius 3 is 1.38 bits per heavy atom. The van der Waals surface area contributed by atoms with E-state index in [1.807, 2.05) is 18.2 Å². The van der Waals surface area contributed by atoms with Crippen LogP contribution in [0.15, 0.2) is 78.9 Å². The molecule has 0 atom stereocenters. The first-order valence-corrected chi connectivity index (χ1v) is 22.0. The van der Waals surface area contributed by atoms with Crippen molar-refractivity contribution in [3.8, 4) is 0 Å². The van der Waals surface area contributed by atoms with Gasteiger partial charge in [0.05, 0.1) is 0 Å². The summed E-state index contributed by atoms with van der Waals surface area (Å²) in [6.45, 7) is 15.6. The second-order valence-electron chi connectivity index (χ2n) is 9.10. The van der Waals surface area contributed by atoms with Crippen LogP contribution in [0, 0.1) is 0 Å². The molecule has 3 rings (SSSR count). The van der Waals surface area contributed by atoms with Crippen LogP contribution >= 0.6 is 17.0 Å². The molecule has 0 unspecified atom stereocenters. The summed E-state index contributed by atoms with van der Waals surface area (Å²) in [6.07, 6.45) is 0. The van der Waals surface area contributed by atoms with E-state index in [9.17, 15) is 0 Å². The molecule has 0 aromatic heterocycles. The van der Waals surface area contributed by atoms with Crippen LogP contribution < -0.4 is 5.19 Å². The van der Waals surface area contributed by atoms with Gasteiger partial charge in [0, 0.05) is 0 Å². The maximum absolute atomic E-state index is 5.97.